The first-order chi connectivity index (χ1) is 17.1. The number of carbonyl (C=O) groups is 4. The summed E-state index contributed by atoms with van der Waals surface area (Å²) in [5.74, 6) is -3.72. The van der Waals surface area contributed by atoms with Crippen LogP contribution < -0.4 is 16.4 Å². The number of alkyl carbamates (subject to hydrolysis) is 1. The molecule has 0 spiro atoms. The molecule has 7 N–H and O–H groups in total. The summed E-state index contributed by atoms with van der Waals surface area (Å²) in [7, 11) is 0. The molecule has 2 aliphatic heterocycles. The van der Waals surface area contributed by atoms with Crippen LogP contribution in [0.2, 0.25) is 0 Å². The van der Waals surface area contributed by atoms with Crippen LogP contribution in [0.15, 0.2) is 16.8 Å². The molecule has 0 aromatic carbocycles. The third kappa shape index (κ3) is 8.30. The van der Waals surface area contributed by atoms with E-state index in [9.17, 15) is 34.5 Å². The van der Waals surface area contributed by atoms with Crippen molar-refractivity contribution in [3.63, 3.8) is 0 Å². The topological polar surface area (TPSA) is 228 Å². The van der Waals surface area contributed by atoms with Crippen LogP contribution in [0.1, 0.15) is 41.0 Å². The van der Waals surface area contributed by atoms with Crippen LogP contribution >= 0.6 is 0 Å². The molecule has 37 heavy (non-hydrogen) atoms. The number of nitrogens with zero attached hydrogens (tertiary/aromatic N) is 1. The summed E-state index contributed by atoms with van der Waals surface area (Å²) in [5.41, 5.74) is 4.99. The Bertz CT molecular complexity index is 945. The Hall–Kier alpha value is -3.43. The van der Waals surface area contributed by atoms with E-state index in [0.29, 0.717) is 0 Å². The maximum absolute atomic E-state index is 12.2. The number of guanidine groups is 1. The standard InChI is InChI=1S/C22H34N4O11/c1-9(27)24-14-11(25-20(23)26-21(33)36-10(2)35-19(32)22(3,4)5)8-13(18(30)31)37-16(14)17-15(29)12(28)6-7-34-17/h8,10-12,14-17,28-29H,6-7H2,1-5H3,(H,24,27)(H,30,31)(H3,23,25,26,33)/t10?,11-,12+,14+,15+,16+,17+/m0/s1. The number of aliphatic imine (C=N–C) groups is 1. The number of aliphatic hydroxyl groups is 2. The van der Waals surface area contributed by atoms with Crippen molar-refractivity contribution in [2.75, 3.05) is 6.61 Å². The molecule has 0 aliphatic carbocycles. The molecule has 2 rings (SSSR count). The lowest BCUT2D eigenvalue weighted by Gasteiger charge is -2.43. The van der Waals surface area contributed by atoms with Gasteiger partial charge in [0, 0.05) is 20.5 Å². The first kappa shape index (κ1) is 29.8. The molecule has 2 heterocycles. The molecule has 15 nitrogen and oxygen atoms in total. The van der Waals surface area contributed by atoms with Gasteiger partial charge in [0.05, 0.1) is 23.6 Å². The molecule has 0 radical (unpaired) electrons. The monoisotopic (exact) mass is 530 g/mol. The maximum Gasteiger partial charge on any atom is 0.417 e. The van der Waals surface area contributed by atoms with Crippen molar-refractivity contribution in [1.82, 2.24) is 10.6 Å². The fraction of sp³-hybridized carbons (Fsp3) is 0.682. The van der Waals surface area contributed by atoms with Crippen LogP contribution in [-0.2, 0) is 33.3 Å². The lowest BCUT2D eigenvalue weighted by Crippen LogP contribution is -2.62. The molecule has 1 unspecified atom stereocenters. The molecule has 0 aromatic heterocycles. The van der Waals surface area contributed by atoms with E-state index in [0.717, 1.165) is 6.08 Å². The maximum atomic E-state index is 12.2. The van der Waals surface area contributed by atoms with Gasteiger partial charge in [-0.3, -0.25) is 14.9 Å². The molecule has 15 heteroatoms. The summed E-state index contributed by atoms with van der Waals surface area (Å²) in [4.78, 5) is 51.8. The molecule has 0 aromatic rings. The first-order valence-corrected chi connectivity index (χ1v) is 11.5. The van der Waals surface area contributed by atoms with Crippen LogP contribution in [-0.4, -0.2) is 94.6 Å². The fourth-order valence-corrected chi connectivity index (χ4v) is 3.56. The highest BCUT2D eigenvalue weighted by atomic mass is 16.7. The Labute approximate surface area is 213 Å². The van der Waals surface area contributed by atoms with E-state index in [4.69, 9.17) is 24.7 Å². The van der Waals surface area contributed by atoms with Crippen molar-refractivity contribution < 1.29 is 53.4 Å². The van der Waals surface area contributed by atoms with Gasteiger partial charge in [0.25, 0.3) is 0 Å². The van der Waals surface area contributed by atoms with Gasteiger partial charge in [0.1, 0.15) is 12.2 Å². The zero-order valence-electron chi connectivity index (χ0n) is 21.2. The SMILES string of the molecule is CC(=O)N[C@H]1[C@H]([C@@H]2OCC[C@@H](O)[C@H]2O)OC(C(=O)O)=C[C@@H]1N=C(N)NC(=O)OC(C)OC(=O)C(C)(C)C. The molecule has 208 valence electrons. The molecule has 7 atom stereocenters. The van der Waals surface area contributed by atoms with E-state index in [2.05, 4.69) is 15.6 Å². The fourth-order valence-electron chi connectivity index (χ4n) is 3.56. The Morgan fingerprint density at radius 2 is 1.84 bits per heavy atom. The minimum Gasteiger partial charge on any atom is -0.478 e. The van der Waals surface area contributed by atoms with Gasteiger partial charge in [0.2, 0.25) is 18.0 Å². The number of carboxylic acid groups (broad SMARTS) is 1. The second kappa shape index (κ2) is 12.2. The highest BCUT2D eigenvalue weighted by molar-refractivity contribution is 5.93. The van der Waals surface area contributed by atoms with Gasteiger partial charge in [-0.1, -0.05) is 0 Å². The first-order valence-electron chi connectivity index (χ1n) is 11.5. The lowest BCUT2D eigenvalue weighted by atomic mass is 9.88. The number of rotatable bonds is 6. The van der Waals surface area contributed by atoms with Gasteiger partial charge in [-0.2, -0.15) is 0 Å². The van der Waals surface area contributed by atoms with Gasteiger partial charge in [0.15, 0.2) is 12.1 Å². The molecular formula is C22H34N4O11. The van der Waals surface area contributed by atoms with E-state index in [-0.39, 0.29) is 13.0 Å². The number of esters is 1. The average Bonchev–Trinajstić information content (AvgIpc) is 2.75. The zero-order valence-corrected chi connectivity index (χ0v) is 21.2. The molecule has 1 saturated heterocycles. The number of aliphatic hydroxyl groups excluding tert-OH is 2. The second-order valence-electron chi connectivity index (χ2n) is 9.59. The van der Waals surface area contributed by atoms with Gasteiger partial charge >= 0.3 is 18.0 Å². The second-order valence-corrected chi connectivity index (χ2v) is 9.59. The summed E-state index contributed by atoms with van der Waals surface area (Å²) in [6.07, 6.45) is -6.32. The Morgan fingerprint density at radius 1 is 1.19 bits per heavy atom. The largest absolute Gasteiger partial charge is 0.478 e. The molecule has 0 bridgehead atoms. The molecule has 0 saturated carbocycles. The summed E-state index contributed by atoms with van der Waals surface area (Å²) in [6, 6.07) is -2.33. The normalized spacial score (nSPS) is 29.2. The third-order valence-corrected chi connectivity index (χ3v) is 5.34. The van der Waals surface area contributed by atoms with Gasteiger partial charge in [-0.15, -0.1) is 0 Å². The number of aliphatic carboxylic acids is 1. The predicted octanol–water partition coefficient (Wildman–Crippen LogP) is -1.29. The predicted molar refractivity (Wildman–Crippen MR) is 125 cm³/mol. The van der Waals surface area contributed by atoms with E-state index in [1.807, 2.05) is 0 Å². The minimum absolute atomic E-state index is 0.0447. The summed E-state index contributed by atoms with van der Waals surface area (Å²) < 4.78 is 21.0. The summed E-state index contributed by atoms with van der Waals surface area (Å²) >= 11 is 0. The smallest absolute Gasteiger partial charge is 0.417 e. The molecule has 2 aliphatic rings. The zero-order chi connectivity index (χ0) is 28.1. The summed E-state index contributed by atoms with van der Waals surface area (Å²) in [5, 5.41) is 34.7. The van der Waals surface area contributed by atoms with Crippen molar-refractivity contribution >= 4 is 29.9 Å². The average molecular weight is 531 g/mol. The number of ether oxygens (including phenoxy) is 4. The van der Waals surface area contributed by atoms with Crippen LogP contribution in [0.25, 0.3) is 0 Å². The van der Waals surface area contributed by atoms with E-state index >= 15 is 0 Å². The Kier molecular flexibility index (Phi) is 9.83. The number of amides is 2. The van der Waals surface area contributed by atoms with E-state index in [1.54, 1.807) is 20.8 Å². The summed E-state index contributed by atoms with van der Waals surface area (Å²) in [6.45, 7) is 7.42. The van der Waals surface area contributed by atoms with Gasteiger partial charge in [-0.05, 0) is 33.3 Å². The van der Waals surface area contributed by atoms with E-state index < -0.39 is 83.9 Å². The molecular weight excluding hydrogens is 496 g/mol. The number of carboxylic acids is 1. The van der Waals surface area contributed by atoms with Gasteiger partial charge < -0.3 is 45.3 Å². The van der Waals surface area contributed by atoms with Crippen molar-refractivity contribution in [3.8, 4) is 0 Å². The Balaban J connectivity index is 2.25. The van der Waals surface area contributed by atoms with Crippen LogP contribution in [0.3, 0.4) is 0 Å². The third-order valence-electron chi connectivity index (χ3n) is 5.34. The highest BCUT2D eigenvalue weighted by Crippen LogP contribution is 2.29. The van der Waals surface area contributed by atoms with Crippen LogP contribution in [0.5, 0.6) is 0 Å². The van der Waals surface area contributed by atoms with Crippen LogP contribution in [0.4, 0.5) is 4.79 Å². The lowest BCUT2D eigenvalue weighted by molar-refractivity contribution is -0.185. The van der Waals surface area contributed by atoms with Crippen molar-refractivity contribution in [3.05, 3.63) is 11.8 Å². The minimum atomic E-state index is -1.47. The number of hydrogen-bond acceptors (Lipinski definition) is 11. The number of nitrogens with two attached hydrogens (primary N) is 1. The van der Waals surface area contributed by atoms with Gasteiger partial charge in [-0.25, -0.2) is 14.6 Å². The highest BCUT2D eigenvalue weighted by Gasteiger charge is 2.48. The number of carbonyl (C=O) groups excluding carboxylic acids is 3. The quantitative estimate of drug-likeness (QED) is 0.102. The van der Waals surface area contributed by atoms with Crippen LogP contribution in [0, 0.1) is 5.41 Å². The van der Waals surface area contributed by atoms with Crippen molar-refractivity contribution in [2.24, 2.45) is 16.1 Å². The van der Waals surface area contributed by atoms with Crippen molar-refractivity contribution in [1.29, 1.82) is 0 Å². The number of hydrogen-bond donors (Lipinski definition) is 6. The van der Waals surface area contributed by atoms with Crippen molar-refractivity contribution in [2.45, 2.75) is 83.8 Å². The van der Waals surface area contributed by atoms with E-state index in [1.165, 1.54) is 13.8 Å². The number of nitrogens with one attached hydrogen (secondary N) is 2. The molecule has 2 amide bonds. The Morgan fingerprint density at radius 3 is 2.41 bits per heavy atom. The molecule has 1 fully saturated rings.